The summed E-state index contributed by atoms with van der Waals surface area (Å²) in [4.78, 5) is 2.80. The Hall–Kier alpha value is -2.51. The maximum absolute atomic E-state index is 4.17. The van der Waals surface area contributed by atoms with Crippen molar-refractivity contribution in [3.8, 4) is 0 Å². The van der Waals surface area contributed by atoms with Gasteiger partial charge in [-0.25, -0.2) is 0 Å². The van der Waals surface area contributed by atoms with E-state index in [-0.39, 0.29) is 10.9 Å². The van der Waals surface area contributed by atoms with Crippen molar-refractivity contribution >= 4 is 10.9 Å². The summed E-state index contributed by atoms with van der Waals surface area (Å²) in [5.74, 6) is 1.04. The van der Waals surface area contributed by atoms with Crippen LogP contribution < -0.4 is 0 Å². The lowest BCUT2D eigenvalue weighted by Gasteiger charge is -2.10. The zero-order valence-corrected chi connectivity index (χ0v) is 17.7. The third-order valence-corrected chi connectivity index (χ3v) is 6.99. The van der Waals surface area contributed by atoms with Crippen LogP contribution in [0, 0.1) is 6.92 Å². The molecule has 0 saturated carbocycles. The van der Waals surface area contributed by atoms with Crippen LogP contribution in [-0.4, -0.2) is 0 Å². The topological polar surface area (TPSA) is 0 Å². The van der Waals surface area contributed by atoms with Crippen molar-refractivity contribution in [2.24, 2.45) is 0 Å². The molecule has 1 unspecified atom stereocenters. The molecule has 0 saturated heterocycles. The van der Waals surface area contributed by atoms with Gasteiger partial charge in [0.25, 0.3) is 0 Å². The Morgan fingerprint density at radius 2 is 1.43 bits per heavy atom. The van der Waals surface area contributed by atoms with Gasteiger partial charge in [-0.05, 0) is 49.6 Å². The highest BCUT2D eigenvalue weighted by Gasteiger charge is 2.25. The molecule has 0 nitrogen and oxygen atoms in total. The summed E-state index contributed by atoms with van der Waals surface area (Å²) in [5.41, 5.74) is 5.17. The van der Waals surface area contributed by atoms with E-state index >= 15 is 0 Å². The second kappa shape index (κ2) is 10.1. The Labute approximate surface area is 173 Å². The maximum Gasteiger partial charge on any atom is 0.161 e. The van der Waals surface area contributed by atoms with Gasteiger partial charge in [-0.15, -0.1) is 0 Å². The number of allylic oxidation sites excluding steroid dienone is 3. The van der Waals surface area contributed by atoms with Crippen LogP contribution in [0.15, 0.2) is 113 Å². The molecule has 0 bridgehead atoms. The first-order valence-corrected chi connectivity index (χ1v) is 11.3. The normalized spacial score (nSPS) is 12.2. The van der Waals surface area contributed by atoms with E-state index in [1.807, 2.05) is 0 Å². The van der Waals surface area contributed by atoms with E-state index in [9.17, 15) is 0 Å². The van der Waals surface area contributed by atoms with E-state index in [4.69, 9.17) is 0 Å². The standard InChI is InChI=1S/C27H29S/c1-4-5-9-23(3)20-24-14-18-27(19-15-24)28(21-25-10-7-6-8-11-25)26-16-12-22(2)13-17-26/h5-19H,3-4,20-21H2,1-2H3/q+1/b9-5-. The molecule has 1 heteroatoms. The van der Waals surface area contributed by atoms with Gasteiger partial charge in [0.05, 0.1) is 10.9 Å². The SMILES string of the molecule is C=C(/C=C\CC)Cc1ccc([S+](Cc2ccccc2)c2ccc(C)cc2)cc1. The molecule has 0 aliphatic carbocycles. The van der Waals surface area contributed by atoms with Gasteiger partial charge in [0.2, 0.25) is 0 Å². The Bertz CT molecular complexity index is 903. The van der Waals surface area contributed by atoms with Crippen molar-refractivity contribution in [1.29, 1.82) is 0 Å². The predicted octanol–water partition coefficient (Wildman–Crippen LogP) is 7.30. The first-order chi connectivity index (χ1) is 13.7. The zero-order valence-electron chi connectivity index (χ0n) is 16.9. The fraction of sp³-hybridized carbons (Fsp3) is 0.185. The molecular weight excluding hydrogens is 356 g/mol. The molecule has 3 rings (SSSR count). The fourth-order valence-electron chi connectivity index (χ4n) is 3.12. The summed E-state index contributed by atoms with van der Waals surface area (Å²) in [7, 11) is 0.0273. The smallest absolute Gasteiger partial charge is 0.0955 e. The van der Waals surface area contributed by atoms with Gasteiger partial charge in [-0.1, -0.05) is 91.4 Å². The first-order valence-electron chi connectivity index (χ1n) is 9.90. The lowest BCUT2D eigenvalue weighted by molar-refractivity contribution is 1.16. The molecule has 0 fully saturated rings. The highest BCUT2D eigenvalue weighted by Crippen LogP contribution is 2.28. The molecule has 1 atom stereocenters. The number of hydrogen-bond donors (Lipinski definition) is 0. The van der Waals surface area contributed by atoms with E-state index in [1.54, 1.807) is 0 Å². The minimum atomic E-state index is 0.0273. The third kappa shape index (κ3) is 5.74. The van der Waals surface area contributed by atoms with Crippen molar-refractivity contribution < 1.29 is 0 Å². The third-order valence-electron chi connectivity index (χ3n) is 4.69. The Morgan fingerprint density at radius 1 is 0.821 bits per heavy atom. The largest absolute Gasteiger partial charge is 0.161 e. The van der Waals surface area contributed by atoms with Crippen LogP contribution in [0.25, 0.3) is 0 Å². The average Bonchev–Trinajstić information content (AvgIpc) is 2.73. The monoisotopic (exact) mass is 385 g/mol. The summed E-state index contributed by atoms with van der Waals surface area (Å²) < 4.78 is 0. The zero-order chi connectivity index (χ0) is 19.8. The van der Waals surface area contributed by atoms with Gasteiger partial charge in [0.15, 0.2) is 9.79 Å². The molecule has 0 radical (unpaired) electrons. The summed E-state index contributed by atoms with van der Waals surface area (Å²) in [6, 6.07) is 28.9. The van der Waals surface area contributed by atoms with E-state index < -0.39 is 0 Å². The van der Waals surface area contributed by atoms with Gasteiger partial charge in [0, 0.05) is 5.56 Å². The molecule has 0 spiro atoms. The summed E-state index contributed by atoms with van der Waals surface area (Å²) in [6.07, 6.45) is 6.27. The molecule has 0 amide bonds. The lowest BCUT2D eigenvalue weighted by atomic mass is 10.1. The maximum atomic E-state index is 4.17. The van der Waals surface area contributed by atoms with Crippen molar-refractivity contribution in [2.45, 2.75) is 42.2 Å². The molecule has 142 valence electrons. The molecule has 0 aliphatic heterocycles. The van der Waals surface area contributed by atoms with Crippen LogP contribution in [0.1, 0.15) is 30.0 Å². The second-order valence-corrected chi connectivity index (χ2v) is 9.14. The van der Waals surface area contributed by atoms with E-state index in [1.165, 1.54) is 26.5 Å². The van der Waals surface area contributed by atoms with E-state index in [0.717, 1.165) is 24.2 Å². The molecule has 3 aromatic rings. The summed E-state index contributed by atoms with van der Waals surface area (Å²) in [5, 5.41) is 0. The number of rotatable bonds is 8. The first kappa shape index (κ1) is 20.2. The molecule has 3 aromatic carbocycles. The van der Waals surface area contributed by atoms with E-state index in [0.29, 0.717) is 0 Å². The molecule has 0 heterocycles. The van der Waals surface area contributed by atoms with Crippen LogP contribution in [0.3, 0.4) is 0 Å². The lowest BCUT2D eigenvalue weighted by Crippen LogP contribution is -2.07. The minimum absolute atomic E-state index is 0.0273. The highest BCUT2D eigenvalue weighted by atomic mass is 32.2. The van der Waals surface area contributed by atoms with Gasteiger partial charge in [-0.2, -0.15) is 0 Å². The molecular formula is C27H29S+. The average molecular weight is 386 g/mol. The van der Waals surface area contributed by atoms with Crippen LogP contribution in [0.5, 0.6) is 0 Å². The Kier molecular flexibility index (Phi) is 7.33. The Balaban J connectivity index is 1.84. The fourth-order valence-corrected chi connectivity index (χ4v) is 5.18. The van der Waals surface area contributed by atoms with Crippen LogP contribution in [0.2, 0.25) is 0 Å². The van der Waals surface area contributed by atoms with Gasteiger partial charge in [-0.3, -0.25) is 0 Å². The van der Waals surface area contributed by atoms with E-state index in [2.05, 4.69) is 111 Å². The molecule has 0 aliphatic rings. The van der Waals surface area contributed by atoms with Crippen molar-refractivity contribution in [3.05, 3.63) is 120 Å². The van der Waals surface area contributed by atoms with Crippen molar-refractivity contribution in [2.75, 3.05) is 0 Å². The van der Waals surface area contributed by atoms with Gasteiger partial charge >= 0.3 is 0 Å². The minimum Gasteiger partial charge on any atom is -0.0955 e. The van der Waals surface area contributed by atoms with Crippen LogP contribution in [0.4, 0.5) is 0 Å². The van der Waals surface area contributed by atoms with Crippen LogP contribution >= 0.6 is 0 Å². The quantitative estimate of drug-likeness (QED) is 0.282. The van der Waals surface area contributed by atoms with Gasteiger partial charge < -0.3 is 0 Å². The second-order valence-electron chi connectivity index (χ2n) is 7.12. The number of benzene rings is 3. The number of hydrogen-bond acceptors (Lipinski definition) is 0. The summed E-state index contributed by atoms with van der Waals surface area (Å²) >= 11 is 0. The van der Waals surface area contributed by atoms with Crippen molar-refractivity contribution in [3.63, 3.8) is 0 Å². The van der Waals surface area contributed by atoms with Crippen LogP contribution in [-0.2, 0) is 23.1 Å². The highest BCUT2D eigenvalue weighted by molar-refractivity contribution is 7.96. The predicted molar refractivity (Wildman–Crippen MR) is 124 cm³/mol. The molecule has 0 aromatic heterocycles. The van der Waals surface area contributed by atoms with Gasteiger partial charge in [0.1, 0.15) is 5.75 Å². The summed E-state index contributed by atoms with van der Waals surface area (Å²) in [6.45, 7) is 8.47. The molecule has 28 heavy (non-hydrogen) atoms. The number of aryl methyl sites for hydroxylation is 1. The van der Waals surface area contributed by atoms with Crippen molar-refractivity contribution in [1.82, 2.24) is 0 Å². The molecule has 0 N–H and O–H groups in total. The Morgan fingerprint density at radius 3 is 2.04 bits per heavy atom.